The van der Waals surface area contributed by atoms with Gasteiger partial charge in [0.1, 0.15) is 24.1 Å². The van der Waals surface area contributed by atoms with E-state index in [1.807, 2.05) is 44.2 Å². The molecule has 0 fully saturated rings. The van der Waals surface area contributed by atoms with Gasteiger partial charge in [-0.05, 0) is 86.5 Å². The number of ether oxygens (including phenoxy) is 1. The number of rotatable bonds is 14. The van der Waals surface area contributed by atoms with Gasteiger partial charge in [0.2, 0.25) is 11.8 Å². The molecule has 0 saturated heterocycles. The molecule has 0 bridgehead atoms. The molecular formula is C35H38ClN3O5S. The molecule has 0 radical (unpaired) electrons. The van der Waals surface area contributed by atoms with Crippen LogP contribution in [0, 0.1) is 6.92 Å². The highest BCUT2D eigenvalue weighted by atomic mass is 35.5. The Hall–Kier alpha value is -4.34. The molecule has 1 atom stereocenters. The first-order valence-corrected chi connectivity index (χ1v) is 16.6. The van der Waals surface area contributed by atoms with Crippen molar-refractivity contribution in [1.82, 2.24) is 10.2 Å². The zero-order valence-electron chi connectivity index (χ0n) is 25.6. The lowest BCUT2D eigenvalue weighted by Gasteiger charge is -2.32. The molecule has 8 nitrogen and oxygen atoms in total. The number of carbonyl (C=O) groups is 2. The van der Waals surface area contributed by atoms with Crippen molar-refractivity contribution in [3.05, 3.63) is 119 Å². The van der Waals surface area contributed by atoms with Crippen molar-refractivity contribution in [1.29, 1.82) is 0 Å². The van der Waals surface area contributed by atoms with Gasteiger partial charge < -0.3 is 15.0 Å². The van der Waals surface area contributed by atoms with E-state index in [9.17, 15) is 18.0 Å². The van der Waals surface area contributed by atoms with Crippen LogP contribution in [-0.4, -0.2) is 44.3 Å². The van der Waals surface area contributed by atoms with Crippen molar-refractivity contribution in [2.24, 2.45) is 0 Å². The number of hydrogen-bond acceptors (Lipinski definition) is 5. The van der Waals surface area contributed by atoms with Gasteiger partial charge in [-0.2, -0.15) is 0 Å². The quantitative estimate of drug-likeness (QED) is 0.149. The van der Waals surface area contributed by atoms with E-state index in [-0.39, 0.29) is 23.0 Å². The van der Waals surface area contributed by atoms with Gasteiger partial charge in [0.05, 0.1) is 10.6 Å². The van der Waals surface area contributed by atoms with Crippen LogP contribution in [0.3, 0.4) is 0 Å². The molecule has 0 aliphatic heterocycles. The minimum atomic E-state index is -4.19. The lowest BCUT2D eigenvalue weighted by Crippen LogP contribution is -2.51. The molecule has 236 valence electrons. The lowest BCUT2D eigenvalue weighted by atomic mass is 10.1. The zero-order chi connectivity index (χ0) is 32.4. The first-order chi connectivity index (χ1) is 21.6. The highest BCUT2D eigenvalue weighted by molar-refractivity contribution is 7.92. The molecule has 1 N–H and O–H groups in total. The van der Waals surface area contributed by atoms with Crippen molar-refractivity contribution in [3.8, 4) is 11.5 Å². The fourth-order valence-corrected chi connectivity index (χ4v) is 6.12. The second-order valence-corrected chi connectivity index (χ2v) is 13.0. The molecule has 4 aromatic carbocycles. The predicted molar refractivity (Wildman–Crippen MR) is 178 cm³/mol. The Kier molecular flexibility index (Phi) is 11.6. The number of sulfonamides is 1. The minimum absolute atomic E-state index is 0.0418. The summed E-state index contributed by atoms with van der Waals surface area (Å²) in [6.07, 6.45) is 1.71. The van der Waals surface area contributed by atoms with E-state index < -0.39 is 28.5 Å². The van der Waals surface area contributed by atoms with Crippen LogP contribution in [0.2, 0.25) is 5.02 Å². The van der Waals surface area contributed by atoms with Gasteiger partial charge >= 0.3 is 0 Å². The molecule has 10 heteroatoms. The fraction of sp³-hybridized carbons (Fsp3) is 0.257. The number of nitrogens with zero attached hydrogens (tertiary/aromatic N) is 2. The first-order valence-electron chi connectivity index (χ1n) is 14.8. The number of hydrogen-bond donors (Lipinski definition) is 1. The van der Waals surface area contributed by atoms with Gasteiger partial charge in [-0.3, -0.25) is 13.9 Å². The van der Waals surface area contributed by atoms with E-state index in [2.05, 4.69) is 5.32 Å². The van der Waals surface area contributed by atoms with Gasteiger partial charge in [0.15, 0.2) is 0 Å². The van der Waals surface area contributed by atoms with Gasteiger partial charge in [-0.25, -0.2) is 8.42 Å². The van der Waals surface area contributed by atoms with Crippen molar-refractivity contribution in [2.75, 3.05) is 17.4 Å². The number of benzene rings is 4. The average Bonchev–Trinajstić information content (AvgIpc) is 3.04. The van der Waals surface area contributed by atoms with Crippen LogP contribution in [0.25, 0.3) is 0 Å². The molecule has 0 saturated carbocycles. The fourth-order valence-electron chi connectivity index (χ4n) is 4.58. The van der Waals surface area contributed by atoms with Gasteiger partial charge in [-0.15, -0.1) is 0 Å². The van der Waals surface area contributed by atoms with E-state index in [0.717, 1.165) is 28.3 Å². The van der Waals surface area contributed by atoms with Gasteiger partial charge in [-0.1, -0.05) is 73.0 Å². The Morgan fingerprint density at radius 3 is 2.11 bits per heavy atom. The molecule has 0 heterocycles. The van der Waals surface area contributed by atoms with Crippen molar-refractivity contribution in [3.63, 3.8) is 0 Å². The summed E-state index contributed by atoms with van der Waals surface area (Å²) >= 11 is 6.08. The van der Waals surface area contributed by atoms with Crippen LogP contribution < -0.4 is 14.4 Å². The summed E-state index contributed by atoms with van der Waals surface area (Å²) in [7, 11) is -4.19. The number of nitrogens with one attached hydrogen (secondary N) is 1. The van der Waals surface area contributed by atoms with Crippen molar-refractivity contribution in [2.45, 2.75) is 51.1 Å². The van der Waals surface area contributed by atoms with E-state index >= 15 is 0 Å². The maximum Gasteiger partial charge on any atom is 0.264 e. The third-order valence-electron chi connectivity index (χ3n) is 7.25. The topological polar surface area (TPSA) is 96.0 Å². The van der Waals surface area contributed by atoms with Crippen LogP contribution in [0.4, 0.5) is 5.69 Å². The third kappa shape index (κ3) is 9.09. The molecular weight excluding hydrogens is 610 g/mol. The number of carbonyl (C=O) groups excluding carboxylic acids is 2. The van der Waals surface area contributed by atoms with E-state index in [0.29, 0.717) is 23.1 Å². The standard InChI is InChI=1S/C35H38ClN3O5S/c1-4-5-23-37-35(41)27(3)38(24-28-13-15-29(36)16-14-28)34(40)25-39(45(42,43)33-21-11-26(2)12-22-33)30-17-19-32(20-18-30)44-31-9-7-6-8-10-31/h6-22,27H,4-5,23-25H2,1-3H3,(H,37,41)/t27-/m0/s1. The maximum absolute atomic E-state index is 14.1. The first kappa shape index (κ1) is 33.6. The number of unbranched alkanes of at least 4 members (excludes halogenated alkanes) is 1. The molecule has 0 unspecified atom stereocenters. The Labute approximate surface area is 270 Å². The number of anilines is 1. The molecule has 0 aliphatic rings. The van der Waals surface area contributed by atoms with Gasteiger partial charge in [0.25, 0.3) is 10.0 Å². The minimum Gasteiger partial charge on any atom is -0.457 e. The summed E-state index contributed by atoms with van der Waals surface area (Å²) in [5.74, 6) is 0.281. The van der Waals surface area contributed by atoms with Crippen LogP contribution >= 0.6 is 11.6 Å². The number of amides is 2. The highest BCUT2D eigenvalue weighted by Crippen LogP contribution is 2.29. The normalized spacial score (nSPS) is 11.8. The molecule has 4 rings (SSSR count). The Morgan fingerprint density at radius 2 is 1.49 bits per heavy atom. The molecule has 2 amide bonds. The van der Waals surface area contributed by atoms with E-state index in [4.69, 9.17) is 16.3 Å². The highest BCUT2D eigenvalue weighted by Gasteiger charge is 2.32. The number of halogens is 1. The van der Waals surface area contributed by atoms with E-state index in [1.54, 1.807) is 67.6 Å². The summed E-state index contributed by atoms with van der Waals surface area (Å²) in [5, 5.41) is 3.43. The third-order valence-corrected chi connectivity index (χ3v) is 9.29. The Balaban J connectivity index is 1.68. The predicted octanol–water partition coefficient (Wildman–Crippen LogP) is 6.97. The van der Waals surface area contributed by atoms with E-state index in [1.165, 1.54) is 17.0 Å². The van der Waals surface area contributed by atoms with Gasteiger partial charge in [0, 0.05) is 18.1 Å². The Morgan fingerprint density at radius 1 is 0.867 bits per heavy atom. The zero-order valence-corrected chi connectivity index (χ0v) is 27.2. The molecule has 45 heavy (non-hydrogen) atoms. The second-order valence-electron chi connectivity index (χ2n) is 10.7. The second kappa shape index (κ2) is 15.6. The van der Waals surface area contributed by atoms with Crippen LogP contribution in [-0.2, 0) is 26.2 Å². The summed E-state index contributed by atoms with van der Waals surface area (Å²) in [6, 6.07) is 28.3. The lowest BCUT2D eigenvalue weighted by molar-refractivity contribution is -0.139. The van der Waals surface area contributed by atoms with Crippen LogP contribution in [0.1, 0.15) is 37.8 Å². The summed E-state index contributed by atoms with van der Waals surface area (Å²) in [5.41, 5.74) is 1.92. The summed E-state index contributed by atoms with van der Waals surface area (Å²) in [6.45, 7) is 5.56. The van der Waals surface area contributed by atoms with Crippen molar-refractivity contribution < 1.29 is 22.7 Å². The summed E-state index contributed by atoms with van der Waals surface area (Å²) < 4.78 is 35.1. The Bertz CT molecular complexity index is 1660. The maximum atomic E-state index is 14.1. The monoisotopic (exact) mass is 647 g/mol. The molecule has 0 aliphatic carbocycles. The SMILES string of the molecule is CCCCNC(=O)[C@H](C)N(Cc1ccc(Cl)cc1)C(=O)CN(c1ccc(Oc2ccccc2)cc1)S(=O)(=O)c1ccc(C)cc1. The van der Waals surface area contributed by atoms with Crippen molar-refractivity contribution >= 4 is 39.1 Å². The molecule has 0 spiro atoms. The number of para-hydroxylation sites is 1. The average molecular weight is 648 g/mol. The molecule has 4 aromatic rings. The molecule has 0 aromatic heterocycles. The smallest absolute Gasteiger partial charge is 0.264 e. The van der Waals surface area contributed by atoms with Crippen LogP contribution in [0.15, 0.2) is 108 Å². The van der Waals surface area contributed by atoms with Crippen LogP contribution in [0.5, 0.6) is 11.5 Å². The largest absolute Gasteiger partial charge is 0.457 e. The summed E-state index contributed by atoms with van der Waals surface area (Å²) in [4.78, 5) is 28.7. The number of aryl methyl sites for hydroxylation is 1.